The number of carbonyl (C=O) groups is 1. The van der Waals surface area contributed by atoms with Gasteiger partial charge in [0.1, 0.15) is 0 Å². The van der Waals surface area contributed by atoms with Crippen LogP contribution in [0.5, 0.6) is 11.5 Å². The first-order chi connectivity index (χ1) is 9.49. The van der Waals surface area contributed by atoms with E-state index < -0.39 is 12.5 Å². The van der Waals surface area contributed by atoms with Gasteiger partial charge >= 0.3 is 6.61 Å². The number of carbonyl (C=O) groups excluding carboxylic acids is 1. The van der Waals surface area contributed by atoms with Crippen molar-refractivity contribution in [3.8, 4) is 11.5 Å². The van der Waals surface area contributed by atoms with E-state index in [4.69, 9.17) is 4.74 Å². The van der Waals surface area contributed by atoms with Crippen LogP contribution in [0.4, 0.5) is 8.78 Å². The smallest absolute Gasteiger partial charge is 0.387 e. The van der Waals surface area contributed by atoms with Crippen LogP contribution in [0.1, 0.15) is 17.3 Å². The second-order valence-electron chi connectivity index (χ2n) is 4.12. The molecule has 0 aliphatic rings. The maximum absolute atomic E-state index is 12.4. The van der Waals surface area contributed by atoms with E-state index in [-0.39, 0.29) is 35.5 Å². The van der Waals surface area contributed by atoms with Crippen LogP contribution < -0.4 is 20.1 Å². The number of methoxy groups -OCH3 is 1. The summed E-state index contributed by atoms with van der Waals surface area (Å²) in [4.78, 5) is 12.0. The third-order valence-electron chi connectivity index (χ3n) is 2.71. The fraction of sp³-hybridized carbons (Fsp3) is 0.462. The van der Waals surface area contributed by atoms with Crippen LogP contribution >= 0.6 is 12.4 Å². The average Bonchev–Trinajstić information content (AvgIpc) is 2.43. The molecular weight excluding hydrogens is 306 g/mol. The minimum Gasteiger partial charge on any atom is -0.493 e. The first kappa shape index (κ1) is 19.4. The molecule has 0 aliphatic heterocycles. The van der Waals surface area contributed by atoms with Gasteiger partial charge in [-0.2, -0.15) is 8.78 Å². The summed E-state index contributed by atoms with van der Waals surface area (Å²) >= 11 is 0. The monoisotopic (exact) mass is 324 g/mol. The molecule has 21 heavy (non-hydrogen) atoms. The normalized spacial score (nSPS) is 11.5. The molecule has 0 heterocycles. The molecule has 2 N–H and O–H groups in total. The number of ether oxygens (including phenoxy) is 2. The van der Waals surface area contributed by atoms with Crippen molar-refractivity contribution in [3.05, 3.63) is 23.8 Å². The molecule has 0 aliphatic carbocycles. The van der Waals surface area contributed by atoms with Gasteiger partial charge in [-0.3, -0.25) is 4.79 Å². The molecule has 0 saturated carbocycles. The molecule has 120 valence electrons. The Bertz CT molecular complexity index is 461. The summed E-state index contributed by atoms with van der Waals surface area (Å²) in [6.45, 7) is -0.794. The van der Waals surface area contributed by atoms with Gasteiger partial charge in [0.05, 0.1) is 12.7 Å². The topological polar surface area (TPSA) is 59.6 Å². The number of benzene rings is 1. The van der Waals surface area contributed by atoms with Crippen LogP contribution in [0, 0.1) is 0 Å². The van der Waals surface area contributed by atoms with Gasteiger partial charge in [0.2, 0.25) is 0 Å². The molecule has 1 amide bonds. The maximum atomic E-state index is 12.4. The molecule has 1 aromatic rings. The van der Waals surface area contributed by atoms with Crippen LogP contribution in [0.25, 0.3) is 0 Å². The second-order valence-corrected chi connectivity index (χ2v) is 4.12. The Kier molecular flexibility index (Phi) is 8.64. The van der Waals surface area contributed by atoms with Crippen molar-refractivity contribution in [3.63, 3.8) is 0 Å². The van der Waals surface area contributed by atoms with Crippen LogP contribution in [0.15, 0.2) is 18.2 Å². The average molecular weight is 325 g/mol. The highest BCUT2D eigenvalue weighted by Gasteiger charge is 2.20. The quantitative estimate of drug-likeness (QED) is 0.806. The van der Waals surface area contributed by atoms with Crippen LogP contribution in [-0.4, -0.2) is 39.3 Å². The van der Waals surface area contributed by atoms with Crippen molar-refractivity contribution in [2.45, 2.75) is 19.6 Å². The molecule has 0 fully saturated rings. The minimum atomic E-state index is -3.03. The van der Waals surface area contributed by atoms with E-state index in [2.05, 4.69) is 15.4 Å². The molecular formula is C13H19ClF2N2O3. The summed E-state index contributed by atoms with van der Waals surface area (Å²) in [5.74, 6) is -0.680. The van der Waals surface area contributed by atoms with Gasteiger partial charge in [-0.1, -0.05) is 6.07 Å². The summed E-state index contributed by atoms with van der Waals surface area (Å²) in [6, 6.07) is 4.45. The zero-order chi connectivity index (χ0) is 15.1. The van der Waals surface area contributed by atoms with Gasteiger partial charge < -0.3 is 20.1 Å². The highest BCUT2D eigenvalue weighted by atomic mass is 35.5. The Hall–Kier alpha value is -1.60. The Morgan fingerprint density at radius 1 is 1.38 bits per heavy atom. The molecule has 0 radical (unpaired) electrons. The molecule has 1 aromatic carbocycles. The lowest BCUT2D eigenvalue weighted by atomic mass is 10.1. The van der Waals surface area contributed by atoms with Crippen molar-refractivity contribution in [2.24, 2.45) is 0 Å². The Balaban J connectivity index is 0.00000400. The zero-order valence-electron chi connectivity index (χ0n) is 12.0. The van der Waals surface area contributed by atoms with Crippen LogP contribution in [0.2, 0.25) is 0 Å². The maximum Gasteiger partial charge on any atom is 0.387 e. The highest BCUT2D eigenvalue weighted by molar-refractivity contribution is 5.97. The molecule has 8 heteroatoms. The fourth-order valence-corrected chi connectivity index (χ4v) is 1.51. The van der Waals surface area contributed by atoms with Gasteiger partial charge in [-0.25, -0.2) is 0 Å². The van der Waals surface area contributed by atoms with Gasteiger partial charge in [0.15, 0.2) is 11.5 Å². The Labute approximate surface area is 128 Å². The van der Waals surface area contributed by atoms with E-state index >= 15 is 0 Å². The molecule has 1 atom stereocenters. The summed E-state index contributed by atoms with van der Waals surface area (Å²) in [7, 11) is 3.08. The van der Waals surface area contributed by atoms with Gasteiger partial charge in [-0.05, 0) is 26.1 Å². The standard InChI is InChI=1S/C13H18F2N2O3.ClH/c1-8(16-2)7-17-12(18)9-5-4-6-10(19-3)11(9)20-13(14)15;/h4-6,8,13,16H,7H2,1-3H3,(H,17,18);1H. The van der Waals surface area contributed by atoms with E-state index in [9.17, 15) is 13.6 Å². The number of nitrogens with one attached hydrogen (secondary N) is 2. The number of alkyl halides is 2. The van der Waals surface area contributed by atoms with Gasteiger partial charge in [-0.15, -0.1) is 12.4 Å². The van der Waals surface area contributed by atoms with E-state index in [1.807, 2.05) is 6.92 Å². The lowest BCUT2D eigenvalue weighted by Gasteiger charge is -2.15. The predicted octanol–water partition coefficient (Wildman–Crippen LogP) is 2.06. The molecule has 0 saturated heterocycles. The summed E-state index contributed by atoms with van der Waals surface area (Å²) in [6.07, 6.45) is 0. The number of halogens is 3. The number of amides is 1. The number of hydrogen-bond donors (Lipinski definition) is 2. The Morgan fingerprint density at radius 3 is 2.57 bits per heavy atom. The predicted molar refractivity (Wildman–Crippen MR) is 77.7 cm³/mol. The molecule has 1 rings (SSSR count). The largest absolute Gasteiger partial charge is 0.493 e. The van der Waals surface area contributed by atoms with E-state index in [0.717, 1.165) is 0 Å². The van der Waals surface area contributed by atoms with Crippen molar-refractivity contribution in [1.82, 2.24) is 10.6 Å². The summed E-state index contributed by atoms with van der Waals surface area (Å²) in [5.41, 5.74) is 0.00736. The Morgan fingerprint density at radius 2 is 2.05 bits per heavy atom. The van der Waals surface area contributed by atoms with Crippen molar-refractivity contribution in [2.75, 3.05) is 20.7 Å². The van der Waals surface area contributed by atoms with E-state index in [0.29, 0.717) is 6.54 Å². The molecule has 0 spiro atoms. The molecule has 0 bridgehead atoms. The molecule has 5 nitrogen and oxygen atoms in total. The lowest BCUT2D eigenvalue weighted by molar-refractivity contribution is -0.0515. The lowest BCUT2D eigenvalue weighted by Crippen LogP contribution is -2.37. The minimum absolute atomic E-state index is 0. The van der Waals surface area contributed by atoms with Crippen molar-refractivity contribution >= 4 is 18.3 Å². The number of para-hydroxylation sites is 1. The van der Waals surface area contributed by atoms with Crippen LogP contribution in [-0.2, 0) is 0 Å². The van der Waals surface area contributed by atoms with E-state index in [1.54, 1.807) is 7.05 Å². The number of rotatable bonds is 7. The van der Waals surface area contributed by atoms with Gasteiger partial charge in [0.25, 0.3) is 5.91 Å². The number of likely N-dealkylation sites (N-methyl/N-ethyl adjacent to an activating group) is 1. The third kappa shape index (κ3) is 5.73. The number of hydrogen-bond acceptors (Lipinski definition) is 4. The van der Waals surface area contributed by atoms with Crippen LogP contribution in [0.3, 0.4) is 0 Å². The van der Waals surface area contributed by atoms with Crippen molar-refractivity contribution in [1.29, 1.82) is 0 Å². The summed E-state index contributed by atoms with van der Waals surface area (Å²) in [5, 5.41) is 5.58. The highest BCUT2D eigenvalue weighted by Crippen LogP contribution is 2.32. The molecule has 0 aromatic heterocycles. The second kappa shape index (κ2) is 9.36. The SMILES string of the molecule is CNC(C)CNC(=O)c1cccc(OC)c1OC(F)F.Cl. The summed E-state index contributed by atoms with van der Waals surface area (Å²) < 4.78 is 34.2. The first-order valence-corrected chi connectivity index (χ1v) is 6.06. The van der Waals surface area contributed by atoms with Gasteiger partial charge in [0, 0.05) is 12.6 Å². The molecule has 1 unspecified atom stereocenters. The van der Waals surface area contributed by atoms with E-state index in [1.165, 1.54) is 25.3 Å². The van der Waals surface area contributed by atoms with Crippen molar-refractivity contribution < 1.29 is 23.0 Å². The first-order valence-electron chi connectivity index (χ1n) is 6.06. The zero-order valence-corrected chi connectivity index (χ0v) is 12.8. The third-order valence-corrected chi connectivity index (χ3v) is 2.71. The fourth-order valence-electron chi connectivity index (χ4n) is 1.51.